The Morgan fingerprint density at radius 1 is 1.17 bits per heavy atom. The van der Waals surface area contributed by atoms with Crippen molar-refractivity contribution in [3.8, 4) is 11.5 Å². The van der Waals surface area contributed by atoms with Gasteiger partial charge in [-0.2, -0.15) is 0 Å². The molecule has 8 heteroatoms. The number of carboxylic acids is 1. The van der Waals surface area contributed by atoms with Crippen molar-refractivity contribution in [3.05, 3.63) is 58.0 Å². The number of amidine groups is 1. The van der Waals surface area contributed by atoms with E-state index in [1.54, 1.807) is 12.1 Å². The quantitative estimate of drug-likeness (QED) is 0.700. The molecule has 1 fully saturated rings. The molecule has 3 rings (SSSR count). The van der Waals surface area contributed by atoms with Crippen molar-refractivity contribution < 1.29 is 24.2 Å². The Morgan fingerprint density at radius 2 is 1.90 bits per heavy atom. The zero-order chi connectivity index (χ0) is 21.0. The normalized spacial score (nSPS) is 16.2. The van der Waals surface area contributed by atoms with Crippen LogP contribution < -0.4 is 14.8 Å². The van der Waals surface area contributed by atoms with Crippen LogP contribution in [0.4, 0.5) is 5.69 Å². The van der Waals surface area contributed by atoms with E-state index in [0.29, 0.717) is 21.4 Å². The number of thioether (sulfide) groups is 1. The van der Waals surface area contributed by atoms with Crippen LogP contribution in [0.3, 0.4) is 0 Å². The number of ether oxygens (including phenoxy) is 2. The number of hydrogen-bond acceptors (Lipinski definition) is 6. The molecule has 0 saturated carbocycles. The number of hydrogen-bond donors (Lipinski definition) is 2. The highest BCUT2D eigenvalue weighted by molar-refractivity contribution is 8.18. The molecule has 1 amide bonds. The van der Waals surface area contributed by atoms with Crippen LogP contribution in [0.15, 0.2) is 46.3 Å². The van der Waals surface area contributed by atoms with E-state index in [4.69, 9.17) is 9.47 Å². The Kier molecular flexibility index (Phi) is 6.23. The van der Waals surface area contributed by atoms with Crippen LogP contribution in [0.5, 0.6) is 11.5 Å². The van der Waals surface area contributed by atoms with Crippen molar-refractivity contribution >= 4 is 40.6 Å². The molecular weight excluding hydrogens is 392 g/mol. The highest BCUT2D eigenvalue weighted by atomic mass is 32.2. The van der Waals surface area contributed by atoms with E-state index < -0.39 is 5.97 Å². The molecule has 0 aliphatic carbocycles. The number of amides is 1. The van der Waals surface area contributed by atoms with Crippen molar-refractivity contribution in [2.45, 2.75) is 13.3 Å². The number of nitrogens with one attached hydrogen (secondary N) is 1. The van der Waals surface area contributed by atoms with Crippen molar-refractivity contribution in [1.82, 2.24) is 5.32 Å². The molecule has 0 atom stereocenters. The Balaban J connectivity index is 1.94. The first kappa shape index (κ1) is 20.5. The van der Waals surface area contributed by atoms with Crippen molar-refractivity contribution in [2.24, 2.45) is 4.99 Å². The molecule has 0 unspecified atom stereocenters. The Bertz CT molecular complexity index is 1010. The van der Waals surface area contributed by atoms with E-state index in [1.165, 1.54) is 25.9 Å². The monoisotopic (exact) mass is 412 g/mol. The smallest absolute Gasteiger partial charge is 0.340 e. The Hall–Kier alpha value is -3.26. The average molecular weight is 412 g/mol. The Labute approximate surface area is 172 Å². The maximum atomic E-state index is 12.4. The highest BCUT2D eigenvalue weighted by Gasteiger charge is 2.26. The summed E-state index contributed by atoms with van der Waals surface area (Å²) in [5.41, 5.74) is 2.19. The number of carboxylic acid groups (broad SMARTS) is 1. The lowest BCUT2D eigenvalue weighted by atomic mass is 10.0. The van der Waals surface area contributed by atoms with E-state index in [-0.39, 0.29) is 17.2 Å². The molecule has 0 bridgehead atoms. The number of aryl methyl sites for hydroxylation is 1. The van der Waals surface area contributed by atoms with Gasteiger partial charge in [-0.1, -0.05) is 25.1 Å². The largest absolute Gasteiger partial charge is 0.493 e. The Morgan fingerprint density at radius 3 is 2.48 bits per heavy atom. The average Bonchev–Trinajstić information content (AvgIpc) is 3.06. The van der Waals surface area contributed by atoms with Crippen molar-refractivity contribution in [1.29, 1.82) is 0 Å². The highest BCUT2D eigenvalue weighted by Crippen LogP contribution is 2.36. The van der Waals surface area contributed by atoms with Gasteiger partial charge in [-0.3, -0.25) is 4.79 Å². The van der Waals surface area contributed by atoms with Crippen LogP contribution in [0.2, 0.25) is 0 Å². The van der Waals surface area contributed by atoms with Gasteiger partial charge in [-0.25, -0.2) is 9.79 Å². The predicted octanol–water partition coefficient (Wildman–Crippen LogP) is 3.86. The van der Waals surface area contributed by atoms with Crippen LogP contribution in [0.1, 0.15) is 28.4 Å². The third kappa shape index (κ3) is 4.43. The predicted molar refractivity (Wildman–Crippen MR) is 113 cm³/mol. The molecule has 1 aliphatic rings. The summed E-state index contributed by atoms with van der Waals surface area (Å²) in [6.45, 7) is 2.07. The lowest BCUT2D eigenvalue weighted by Gasteiger charge is -2.12. The molecule has 1 aliphatic heterocycles. The molecule has 0 radical (unpaired) electrons. The molecule has 2 N–H and O–H groups in total. The van der Waals surface area contributed by atoms with Crippen LogP contribution in [0, 0.1) is 0 Å². The van der Waals surface area contributed by atoms with Gasteiger partial charge in [0.25, 0.3) is 5.91 Å². The van der Waals surface area contributed by atoms with Gasteiger partial charge in [-0.15, -0.1) is 0 Å². The fourth-order valence-corrected chi connectivity index (χ4v) is 3.66. The first-order chi connectivity index (χ1) is 14.0. The van der Waals surface area contributed by atoms with Crippen LogP contribution >= 0.6 is 11.8 Å². The molecule has 150 valence electrons. The fourth-order valence-electron chi connectivity index (χ4n) is 2.83. The van der Waals surface area contributed by atoms with Gasteiger partial charge in [0.2, 0.25) is 0 Å². The lowest BCUT2D eigenvalue weighted by molar-refractivity contribution is -0.115. The van der Waals surface area contributed by atoms with Crippen molar-refractivity contribution in [2.75, 3.05) is 14.2 Å². The van der Waals surface area contributed by atoms with Gasteiger partial charge in [0.15, 0.2) is 16.7 Å². The number of carbonyl (C=O) groups is 2. The third-order valence-corrected chi connectivity index (χ3v) is 5.21. The summed E-state index contributed by atoms with van der Waals surface area (Å²) >= 11 is 1.15. The summed E-state index contributed by atoms with van der Waals surface area (Å²) in [5, 5.41) is 12.8. The zero-order valence-corrected chi connectivity index (χ0v) is 17.0. The van der Waals surface area contributed by atoms with Gasteiger partial charge in [-0.05, 0) is 53.6 Å². The maximum Gasteiger partial charge on any atom is 0.340 e. The van der Waals surface area contributed by atoms with E-state index in [2.05, 4.69) is 17.2 Å². The number of benzene rings is 2. The van der Waals surface area contributed by atoms with Crippen LogP contribution in [-0.2, 0) is 11.2 Å². The van der Waals surface area contributed by atoms with E-state index in [0.717, 1.165) is 23.9 Å². The van der Waals surface area contributed by atoms with Crippen LogP contribution in [-0.4, -0.2) is 36.4 Å². The second kappa shape index (κ2) is 8.83. The third-order valence-electron chi connectivity index (χ3n) is 4.30. The second-order valence-electron chi connectivity index (χ2n) is 6.07. The molecular formula is C21H20N2O5S. The van der Waals surface area contributed by atoms with E-state index in [1.807, 2.05) is 24.3 Å². The number of aromatic carboxylic acids is 1. The van der Waals surface area contributed by atoms with E-state index >= 15 is 0 Å². The summed E-state index contributed by atoms with van der Waals surface area (Å²) in [6.07, 6.45) is 2.45. The minimum atomic E-state index is -1.18. The number of aliphatic imine (C=N–C) groups is 1. The zero-order valence-electron chi connectivity index (χ0n) is 16.2. The number of carbonyl (C=O) groups excluding carboxylic acids is 1. The maximum absolute atomic E-state index is 12.4. The molecule has 2 aromatic rings. The molecule has 7 nitrogen and oxygen atoms in total. The minimum absolute atomic E-state index is 0.0757. The van der Waals surface area contributed by atoms with Gasteiger partial charge < -0.3 is 19.9 Å². The standard InChI is InChI=1S/C21H20N2O5S/c1-4-12-5-8-14(9-6-12)22-21-23-19(24)16(29-21)11-13-7-10-15(27-2)18(28-3)17(13)20(25)26/h5-11H,4H2,1-3H3,(H,25,26)(H,22,23,24)/b16-11+. The van der Waals surface area contributed by atoms with Gasteiger partial charge in [0, 0.05) is 0 Å². The summed E-state index contributed by atoms with van der Waals surface area (Å²) < 4.78 is 10.4. The second-order valence-corrected chi connectivity index (χ2v) is 7.10. The SMILES string of the molecule is CCc1ccc(N=C2NC(=O)/C(=C\c3ccc(OC)c(OC)c3C(=O)O)S2)cc1. The number of methoxy groups -OCH3 is 2. The van der Waals surface area contributed by atoms with Gasteiger partial charge >= 0.3 is 5.97 Å². The van der Waals surface area contributed by atoms with Gasteiger partial charge in [0.05, 0.1) is 24.8 Å². The minimum Gasteiger partial charge on any atom is -0.493 e. The fraction of sp³-hybridized carbons (Fsp3) is 0.190. The van der Waals surface area contributed by atoms with Crippen LogP contribution in [0.25, 0.3) is 6.08 Å². The number of rotatable bonds is 6. The van der Waals surface area contributed by atoms with Gasteiger partial charge in [0.1, 0.15) is 5.56 Å². The first-order valence-corrected chi connectivity index (χ1v) is 9.65. The first-order valence-electron chi connectivity index (χ1n) is 8.83. The van der Waals surface area contributed by atoms with Crippen molar-refractivity contribution in [3.63, 3.8) is 0 Å². The molecule has 1 heterocycles. The molecule has 29 heavy (non-hydrogen) atoms. The summed E-state index contributed by atoms with van der Waals surface area (Å²) in [4.78, 5) is 28.9. The topological polar surface area (TPSA) is 97.2 Å². The molecule has 0 spiro atoms. The summed E-state index contributed by atoms with van der Waals surface area (Å²) in [7, 11) is 2.80. The summed E-state index contributed by atoms with van der Waals surface area (Å²) in [5.74, 6) is -1.12. The molecule has 2 aromatic carbocycles. The summed E-state index contributed by atoms with van der Waals surface area (Å²) in [6, 6.07) is 10.9. The molecule has 1 saturated heterocycles. The van der Waals surface area contributed by atoms with E-state index in [9.17, 15) is 14.7 Å². The molecule has 0 aromatic heterocycles. The lowest BCUT2D eigenvalue weighted by Crippen LogP contribution is -2.19. The number of nitrogens with zero attached hydrogens (tertiary/aromatic N) is 1.